The highest BCUT2D eigenvalue weighted by Crippen LogP contribution is 2.33. The molecule has 2 aromatic carbocycles. The highest BCUT2D eigenvalue weighted by Gasteiger charge is 2.12. The SMILES string of the molecule is Cc1ccc(CNC(=O)c2cncc(Nc3ccc4c(c3)OCCO4)c2)cc1. The molecule has 1 aliphatic heterocycles. The van der Waals surface area contributed by atoms with Crippen molar-refractivity contribution in [1.82, 2.24) is 10.3 Å². The highest BCUT2D eigenvalue weighted by atomic mass is 16.6. The van der Waals surface area contributed by atoms with Crippen molar-refractivity contribution >= 4 is 17.3 Å². The number of ether oxygens (including phenoxy) is 2. The van der Waals surface area contributed by atoms with Crippen LogP contribution in [0.1, 0.15) is 21.5 Å². The number of carbonyl (C=O) groups excluding carboxylic acids is 1. The first kappa shape index (κ1) is 17.9. The lowest BCUT2D eigenvalue weighted by Gasteiger charge is -2.19. The van der Waals surface area contributed by atoms with Crippen LogP contribution in [0.5, 0.6) is 11.5 Å². The third kappa shape index (κ3) is 4.23. The topological polar surface area (TPSA) is 72.5 Å². The number of anilines is 2. The monoisotopic (exact) mass is 375 g/mol. The Kier molecular flexibility index (Phi) is 5.10. The predicted octanol–water partition coefficient (Wildman–Crippen LogP) is 3.83. The number of pyridine rings is 1. The Bertz CT molecular complexity index is 987. The summed E-state index contributed by atoms with van der Waals surface area (Å²) in [6, 6.07) is 15.5. The van der Waals surface area contributed by atoms with E-state index < -0.39 is 0 Å². The molecule has 1 amide bonds. The van der Waals surface area contributed by atoms with E-state index in [-0.39, 0.29) is 5.91 Å². The van der Waals surface area contributed by atoms with Gasteiger partial charge < -0.3 is 20.1 Å². The molecule has 1 aliphatic rings. The summed E-state index contributed by atoms with van der Waals surface area (Å²) in [6.07, 6.45) is 3.23. The Morgan fingerprint density at radius 1 is 0.964 bits per heavy atom. The van der Waals surface area contributed by atoms with Gasteiger partial charge in [0.2, 0.25) is 0 Å². The van der Waals surface area contributed by atoms with Crippen LogP contribution in [-0.4, -0.2) is 24.1 Å². The van der Waals surface area contributed by atoms with Crippen molar-refractivity contribution in [3.63, 3.8) is 0 Å². The van der Waals surface area contributed by atoms with E-state index in [2.05, 4.69) is 15.6 Å². The average molecular weight is 375 g/mol. The van der Waals surface area contributed by atoms with Crippen LogP contribution in [0.2, 0.25) is 0 Å². The molecule has 0 saturated carbocycles. The number of amides is 1. The molecule has 2 heterocycles. The number of aromatic nitrogens is 1. The smallest absolute Gasteiger partial charge is 0.253 e. The van der Waals surface area contributed by atoms with Crippen molar-refractivity contribution in [3.05, 3.63) is 77.6 Å². The third-order valence-electron chi connectivity index (χ3n) is 4.40. The van der Waals surface area contributed by atoms with Crippen LogP contribution in [0.15, 0.2) is 60.9 Å². The lowest BCUT2D eigenvalue weighted by atomic mass is 10.1. The van der Waals surface area contributed by atoms with Crippen molar-refractivity contribution in [2.75, 3.05) is 18.5 Å². The molecule has 4 rings (SSSR count). The molecule has 28 heavy (non-hydrogen) atoms. The maximum absolute atomic E-state index is 12.5. The first-order valence-corrected chi connectivity index (χ1v) is 9.13. The van der Waals surface area contributed by atoms with Crippen LogP contribution in [0.25, 0.3) is 0 Å². The number of hydrogen-bond acceptors (Lipinski definition) is 5. The Labute approximate surface area is 163 Å². The average Bonchev–Trinajstić information content (AvgIpc) is 2.73. The van der Waals surface area contributed by atoms with Gasteiger partial charge in [-0.25, -0.2) is 0 Å². The molecule has 0 saturated heterocycles. The van der Waals surface area contributed by atoms with Gasteiger partial charge in [-0.1, -0.05) is 29.8 Å². The summed E-state index contributed by atoms with van der Waals surface area (Å²) in [4.78, 5) is 16.6. The lowest BCUT2D eigenvalue weighted by Crippen LogP contribution is -2.23. The van der Waals surface area contributed by atoms with E-state index in [1.807, 2.05) is 49.4 Å². The fraction of sp³-hybridized carbons (Fsp3) is 0.182. The number of benzene rings is 2. The highest BCUT2D eigenvalue weighted by molar-refractivity contribution is 5.94. The van der Waals surface area contributed by atoms with Crippen LogP contribution >= 0.6 is 0 Å². The molecular weight excluding hydrogens is 354 g/mol. The second-order valence-corrected chi connectivity index (χ2v) is 6.61. The Balaban J connectivity index is 1.42. The quantitative estimate of drug-likeness (QED) is 0.709. The lowest BCUT2D eigenvalue weighted by molar-refractivity contribution is 0.0950. The molecule has 0 radical (unpaired) electrons. The maximum atomic E-state index is 12.5. The second kappa shape index (κ2) is 8.00. The number of hydrogen-bond donors (Lipinski definition) is 2. The Morgan fingerprint density at radius 3 is 2.57 bits per heavy atom. The van der Waals surface area contributed by atoms with Crippen molar-refractivity contribution < 1.29 is 14.3 Å². The van der Waals surface area contributed by atoms with Gasteiger partial charge in [0.05, 0.1) is 17.4 Å². The standard InChI is InChI=1S/C22H21N3O3/c1-15-2-4-16(5-3-15)12-24-22(26)17-10-19(14-23-13-17)25-18-6-7-20-21(11-18)28-9-8-27-20/h2-7,10-11,13-14,25H,8-9,12H2,1H3,(H,24,26). The Morgan fingerprint density at radius 2 is 1.75 bits per heavy atom. The van der Waals surface area contributed by atoms with Gasteiger partial charge in [-0.3, -0.25) is 9.78 Å². The molecule has 0 fully saturated rings. The molecule has 1 aromatic heterocycles. The molecule has 0 spiro atoms. The van der Waals surface area contributed by atoms with Gasteiger partial charge in [-0.05, 0) is 30.7 Å². The van der Waals surface area contributed by atoms with Gasteiger partial charge in [-0.2, -0.15) is 0 Å². The maximum Gasteiger partial charge on any atom is 0.253 e. The van der Waals surface area contributed by atoms with Gasteiger partial charge >= 0.3 is 0 Å². The number of carbonyl (C=O) groups is 1. The van der Waals surface area contributed by atoms with Crippen LogP contribution < -0.4 is 20.1 Å². The van der Waals surface area contributed by atoms with E-state index in [1.54, 1.807) is 18.5 Å². The summed E-state index contributed by atoms with van der Waals surface area (Å²) in [5.41, 5.74) is 4.30. The van der Waals surface area contributed by atoms with Crippen molar-refractivity contribution in [1.29, 1.82) is 0 Å². The Hall–Kier alpha value is -3.54. The first-order chi connectivity index (χ1) is 13.7. The number of nitrogens with one attached hydrogen (secondary N) is 2. The fourth-order valence-corrected chi connectivity index (χ4v) is 2.91. The first-order valence-electron chi connectivity index (χ1n) is 9.13. The largest absolute Gasteiger partial charge is 0.486 e. The minimum atomic E-state index is -0.168. The molecule has 3 aromatic rings. The van der Waals surface area contributed by atoms with Gasteiger partial charge in [0.1, 0.15) is 13.2 Å². The van der Waals surface area contributed by atoms with E-state index in [0.717, 1.165) is 22.7 Å². The summed E-state index contributed by atoms with van der Waals surface area (Å²) in [5.74, 6) is 1.27. The molecule has 6 heteroatoms. The molecule has 0 atom stereocenters. The van der Waals surface area contributed by atoms with Gasteiger partial charge in [-0.15, -0.1) is 0 Å². The van der Waals surface area contributed by atoms with E-state index in [9.17, 15) is 4.79 Å². The van der Waals surface area contributed by atoms with Crippen LogP contribution in [-0.2, 0) is 6.54 Å². The van der Waals surface area contributed by atoms with E-state index in [4.69, 9.17) is 9.47 Å². The molecule has 0 aliphatic carbocycles. The normalized spacial score (nSPS) is 12.3. The summed E-state index contributed by atoms with van der Waals surface area (Å²) >= 11 is 0. The zero-order valence-electron chi connectivity index (χ0n) is 15.6. The van der Waals surface area contributed by atoms with Gasteiger partial charge in [0.25, 0.3) is 5.91 Å². The summed E-state index contributed by atoms with van der Waals surface area (Å²) in [6.45, 7) is 3.60. The van der Waals surface area contributed by atoms with Crippen molar-refractivity contribution in [3.8, 4) is 11.5 Å². The summed E-state index contributed by atoms with van der Waals surface area (Å²) in [7, 11) is 0. The number of fused-ring (bicyclic) bond motifs is 1. The van der Waals surface area contributed by atoms with Gasteiger partial charge in [0, 0.05) is 24.5 Å². The van der Waals surface area contributed by atoms with Crippen LogP contribution in [0, 0.1) is 6.92 Å². The zero-order valence-corrected chi connectivity index (χ0v) is 15.6. The molecule has 0 unspecified atom stereocenters. The molecule has 2 N–H and O–H groups in total. The van der Waals surface area contributed by atoms with Crippen molar-refractivity contribution in [2.45, 2.75) is 13.5 Å². The van der Waals surface area contributed by atoms with Crippen LogP contribution in [0.3, 0.4) is 0 Å². The molecular formula is C22H21N3O3. The van der Waals surface area contributed by atoms with E-state index >= 15 is 0 Å². The fourth-order valence-electron chi connectivity index (χ4n) is 2.91. The predicted molar refractivity (Wildman–Crippen MR) is 107 cm³/mol. The summed E-state index contributed by atoms with van der Waals surface area (Å²) in [5, 5.41) is 6.17. The summed E-state index contributed by atoms with van der Waals surface area (Å²) < 4.78 is 11.1. The number of aryl methyl sites for hydroxylation is 1. The zero-order chi connectivity index (χ0) is 19.3. The minimum absolute atomic E-state index is 0.168. The second-order valence-electron chi connectivity index (χ2n) is 6.61. The van der Waals surface area contributed by atoms with E-state index in [0.29, 0.717) is 31.1 Å². The minimum Gasteiger partial charge on any atom is -0.486 e. The van der Waals surface area contributed by atoms with Crippen molar-refractivity contribution in [2.24, 2.45) is 0 Å². The van der Waals surface area contributed by atoms with E-state index in [1.165, 1.54) is 5.56 Å². The number of rotatable bonds is 5. The third-order valence-corrected chi connectivity index (χ3v) is 4.40. The van der Waals surface area contributed by atoms with Gasteiger partial charge in [0.15, 0.2) is 11.5 Å². The molecule has 0 bridgehead atoms. The molecule has 6 nitrogen and oxygen atoms in total. The number of nitrogens with zero attached hydrogens (tertiary/aromatic N) is 1. The molecule has 142 valence electrons. The van der Waals surface area contributed by atoms with Crippen LogP contribution in [0.4, 0.5) is 11.4 Å².